The van der Waals surface area contributed by atoms with Gasteiger partial charge >= 0.3 is 17.1 Å². The summed E-state index contributed by atoms with van der Waals surface area (Å²) in [5, 5.41) is 0. The summed E-state index contributed by atoms with van der Waals surface area (Å²) in [4.78, 5) is 0. The van der Waals surface area contributed by atoms with E-state index in [1.165, 1.54) is 44.8 Å². The van der Waals surface area contributed by atoms with Gasteiger partial charge in [0.15, 0.2) is 0 Å². The van der Waals surface area contributed by atoms with Gasteiger partial charge in [0.05, 0.1) is 22.6 Å². The van der Waals surface area contributed by atoms with E-state index in [4.69, 9.17) is 9.31 Å². The third-order valence-corrected chi connectivity index (χ3v) is 10.3. The fourth-order valence-electron chi connectivity index (χ4n) is 6.51. The molecule has 1 aliphatic heterocycles. The zero-order valence-electron chi connectivity index (χ0n) is 35.1. The molecule has 0 amide bonds. The van der Waals surface area contributed by atoms with Crippen LogP contribution in [-0.4, -0.2) is 22.9 Å². The van der Waals surface area contributed by atoms with Crippen LogP contribution in [0.15, 0.2) is 109 Å². The summed E-state index contributed by atoms with van der Waals surface area (Å²) < 4.78 is 16.2. The van der Waals surface area contributed by atoms with Gasteiger partial charge in [-0.25, -0.2) is 0 Å². The van der Waals surface area contributed by atoms with Crippen LogP contribution in [0.3, 0.4) is 0 Å². The van der Waals surface area contributed by atoms with E-state index in [0.29, 0.717) is 23.7 Å². The molecule has 1 fully saturated rings. The van der Waals surface area contributed by atoms with E-state index < -0.39 is 0 Å². The van der Waals surface area contributed by atoms with E-state index in [1.54, 1.807) is 0 Å². The normalized spacial score (nSPS) is 14.4. The topological polar surface area (TPSA) is 27.3 Å². The van der Waals surface area contributed by atoms with Crippen molar-refractivity contribution in [2.75, 3.05) is 0 Å². The summed E-state index contributed by atoms with van der Waals surface area (Å²) in [7, 11) is -0.208. The molecule has 5 aromatic rings. The molecule has 0 saturated carbocycles. The van der Waals surface area contributed by atoms with Gasteiger partial charge in [-0.2, -0.15) is 6.42 Å². The van der Waals surface area contributed by atoms with Crippen molar-refractivity contribution >= 4 is 7.12 Å². The van der Waals surface area contributed by atoms with Crippen molar-refractivity contribution < 1.29 is 30.9 Å². The zero-order valence-corrected chi connectivity index (χ0v) is 36.0. The number of rotatable bonds is 9. The van der Waals surface area contributed by atoms with E-state index in [0.717, 1.165) is 6.42 Å². The number of benzene rings is 4. The first-order chi connectivity index (χ1) is 25.0. The van der Waals surface area contributed by atoms with Gasteiger partial charge in [0, 0.05) is 12.4 Å². The Balaban J connectivity index is 0.000000263. The molecular formula is C48H64BCuN2O2. The number of imidazole rings is 1. The van der Waals surface area contributed by atoms with Crippen LogP contribution >= 0.6 is 0 Å². The average molecular weight is 775 g/mol. The van der Waals surface area contributed by atoms with Crippen LogP contribution in [0.2, 0.25) is 0 Å². The van der Waals surface area contributed by atoms with Crippen LogP contribution in [0.1, 0.15) is 140 Å². The molecule has 6 heteroatoms. The molecule has 54 heavy (non-hydrogen) atoms. The fourth-order valence-corrected chi connectivity index (χ4v) is 6.51. The Bertz CT molecular complexity index is 1720. The Kier molecular flexibility index (Phi) is 16.6. The maximum absolute atomic E-state index is 5.91. The van der Waals surface area contributed by atoms with E-state index in [2.05, 4.69) is 185 Å². The van der Waals surface area contributed by atoms with Crippen LogP contribution in [0.5, 0.6) is 0 Å². The zero-order chi connectivity index (χ0) is 38.9. The third-order valence-electron chi connectivity index (χ3n) is 10.3. The quantitative estimate of drug-likeness (QED) is 0.0847. The van der Waals surface area contributed by atoms with Crippen molar-refractivity contribution in [3.8, 4) is 11.4 Å². The summed E-state index contributed by atoms with van der Waals surface area (Å²) in [6.45, 7) is 28.5. The first-order valence-electron chi connectivity index (χ1n) is 19.6. The predicted molar refractivity (Wildman–Crippen MR) is 224 cm³/mol. The summed E-state index contributed by atoms with van der Waals surface area (Å²) in [5.41, 5.74) is 10.2. The van der Waals surface area contributed by atoms with Crippen LogP contribution < -0.4 is 4.57 Å². The Hall–Kier alpha value is -3.41. The Morgan fingerprint density at radius 1 is 0.630 bits per heavy atom. The molecule has 1 aliphatic rings. The fraction of sp³-hybridized carbons (Fsp3) is 0.417. The molecule has 1 saturated heterocycles. The molecule has 0 aliphatic carbocycles. The summed E-state index contributed by atoms with van der Waals surface area (Å²) in [6, 6.07) is 34.0. The second-order valence-corrected chi connectivity index (χ2v) is 16.5. The summed E-state index contributed by atoms with van der Waals surface area (Å²) in [6.07, 6.45) is 10.9. The minimum atomic E-state index is -0.245. The second-order valence-electron chi connectivity index (χ2n) is 16.5. The van der Waals surface area contributed by atoms with E-state index in [1.807, 2.05) is 36.4 Å². The number of hydrogen-bond acceptors (Lipinski definition) is 2. The number of aromatic nitrogens is 2. The number of nitrogens with zero attached hydrogens (tertiary/aromatic N) is 2. The van der Waals surface area contributed by atoms with Crippen LogP contribution in [0.25, 0.3) is 11.4 Å². The van der Waals surface area contributed by atoms with Crippen molar-refractivity contribution in [2.24, 2.45) is 0 Å². The molecule has 0 atom stereocenters. The SMILES string of the molecule is CC(C)c1cccc(C(C)C)c1-n1[c-][n+](-c2c(C(C)C)cccc2C(C)C)cc1.CC1(C)OB([CH-]Cc2ccccc2)OC1(C)C.Cc1ccccc1.[Cu+]. The monoisotopic (exact) mass is 774 g/mol. The van der Waals surface area contributed by atoms with Gasteiger partial charge in [-0.3, -0.25) is 15.5 Å². The van der Waals surface area contributed by atoms with E-state index in [-0.39, 0.29) is 35.4 Å². The molecule has 2 heterocycles. The number of aryl methyl sites for hydroxylation is 1. The van der Waals surface area contributed by atoms with Gasteiger partial charge in [0.2, 0.25) is 0 Å². The molecule has 0 N–H and O–H groups in total. The molecule has 0 unspecified atom stereocenters. The second kappa shape index (κ2) is 20.0. The van der Waals surface area contributed by atoms with Crippen LogP contribution in [0, 0.1) is 19.6 Å². The van der Waals surface area contributed by atoms with Gasteiger partial charge in [0.25, 0.3) is 13.4 Å². The minimum Gasteiger partial charge on any atom is -0.430 e. The molecule has 0 bridgehead atoms. The van der Waals surface area contributed by atoms with Gasteiger partial charge < -0.3 is 9.31 Å². The molecular weight excluding hydrogens is 711 g/mol. The van der Waals surface area contributed by atoms with Gasteiger partial charge in [-0.05, 0) is 80.5 Å². The Morgan fingerprint density at radius 2 is 1.06 bits per heavy atom. The summed E-state index contributed by atoms with van der Waals surface area (Å²) >= 11 is 0. The van der Waals surface area contributed by atoms with E-state index in [9.17, 15) is 0 Å². The number of hydrogen-bond donors (Lipinski definition) is 0. The minimum absolute atomic E-state index is 0. The molecule has 4 nitrogen and oxygen atoms in total. The largest absolute Gasteiger partial charge is 1.00 e. The standard InChI is InChI=1S/C27H36N2.C14H20BO2.C7H8.Cu/c1-18(2)22-11-9-12-23(19(3)4)26(22)28-15-16-29(17-28)27-24(20(5)6)13-10-14-25(27)21(7)8;1-13(2)14(3,4)17-15(16-13)11-10-12-8-6-5-7-9-12;1-7-5-3-2-4-6-7;/h9-16,18-21H,1-8H3;5-9,11H,10H2,1-4H3;2-6H,1H3;/q;-1;;+1. The van der Waals surface area contributed by atoms with Crippen molar-refractivity contribution in [3.63, 3.8) is 0 Å². The van der Waals surface area contributed by atoms with Crippen LogP contribution in [-0.2, 0) is 32.8 Å². The molecule has 0 spiro atoms. The van der Waals surface area contributed by atoms with Crippen molar-refractivity contribution in [1.82, 2.24) is 4.57 Å². The van der Waals surface area contributed by atoms with Crippen molar-refractivity contribution in [1.29, 1.82) is 0 Å². The molecule has 1 aromatic heterocycles. The third kappa shape index (κ3) is 11.6. The maximum Gasteiger partial charge on any atom is 1.00 e. The van der Waals surface area contributed by atoms with Gasteiger partial charge in [0.1, 0.15) is 0 Å². The molecule has 292 valence electrons. The Morgan fingerprint density at radius 3 is 1.46 bits per heavy atom. The summed E-state index contributed by atoms with van der Waals surface area (Å²) in [5.74, 6) is 1.84. The Labute approximate surface area is 339 Å². The first kappa shape index (κ1) is 45.0. The maximum atomic E-state index is 5.91. The van der Waals surface area contributed by atoms with Gasteiger partial charge in [-0.1, -0.05) is 164 Å². The predicted octanol–water partition coefficient (Wildman–Crippen LogP) is 12.1. The number of para-hydroxylation sites is 2. The van der Waals surface area contributed by atoms with Crippen LogP contribution in [0.4, 0.5) is 0 Å². The van der Waals surface area contributed by atoms with Gasteiger partial charge in [-0.15, -0.1) is 0 Å². The average Bonchev–Trinajstić information content (AvgIpc) is 3.68. The first-order valence-corrected chi connectivity index (χ1v) is 19.6. The molecule has 0 radical (unpaired) electrons. The molecule has 6 rings (SSSR count). The smallest absolute Gasteiger partial charge is 0.430 e. The molecule has 4 aromatic carbocycles. The van der Waals surface area contributed by atoms with Crippen molar-refractivity contribution in [3.05, 3.63) is 155 Å². The van der Waals surface area contributed by atoms with E-state index >= 15 is 0 Å². The van der Waals surface area contributed by atoms with Crippen molar-refractivity contribution in [2.45, 2.75) is 131 Å².